The van der Waals surface area contributed by atoms with E-state index in [0.717, 1.165) is 22.9 Å². The second-order valence-corrected chi connectivity index (χ2v) is 9.42. The normalized spacial score (nSPS) is 11.8. The van der Waals surface area contributed by atoms with Crippen molar-refractivity contribution in [2.75, 3.05) is 11.1 Å². The highest BCUT2D eigenvalue weighted by Crippen LogP contribution is 2.24. The standard InChI is InChI=1S/C28H31N5O3S/c1-4-20-13-15-22(16-14-20)36-19(3)27(35)29-17-25-31-32-28(33(25)5-2)37-18-26(34)30-24-12-8-10-21-9-6-7-11-23(21)24/h6-16,19H,4-5,17-18H2,1-3H3,(H,29,35)(H,30,34)/t19-/m0/s1. The van der Waals surface area contributed by atoms with Crippen LogP contribution in [0.15, 0.2) is 71.9 Å². The number of thioether (sulfide) groups is 1. The Labute approximate surface area is 220 Å². The van der Waals surface area contributed by atoms with Crippen molar-refractivity contribution in [1.82, 2.24) is 20.1 Å². The highest BCUT2D eigenvalue weighted by molar-refractivity contribution is 7.99. The molecular weight excluding hydrogens is 486 g/mol. The first kappa shape index (κ1) is 26.2. The smallest absolute Gasteiger partial charge is 0.261 e. The summed E-state index contributed by atoms with van der Waals surface area (Å²) in [5.74, 6) is 1.09. The SMILES string of the molecule is CCc1ccc(O[C@@H](C)C(=O)NCc2nnc(SCC(=O)Nc3cccc4ccccc34)n2CC)cc1. The van der Waals surface area contributed by atoms with Crippen LogP contribution < -0.4 is 15.4 Å². The Morgan fingerprint density at radius 1 is 1.00 bits per heavy atom. The molecule has 9 heteroatoms. The van der Waals surface area contributed by atoms with Gasteiger partial charge in [0.05, 0.1) is 12.3 Å². The third-order valence-electron chi connectivity index (χ3n) is 5.94. The van der Waals surface area contributed by atoms with Crippen LogP contribution in [0.2, 0.25) is 0 Å². The van der Waals surface area contributed by atoms with Gasteiger partial charge < -0.3 is 19.9 Å². The third kappa shape index (κ3) is 6.68. The van der Waals surface area contributed by atoms with Crippen LogP contribution in [0.4, 0.5) is 5.69 Å². The first-order valence-corrected chi connectivity index (χ1v) is 13.3. The van der Waals surface area contributed by atoms with Crippen molar-refractivity contribution in [2.45, 2.75) is 51.5 Å². The van der Waals surface area contributed by atoms with Crippen molar-refractivity contribution in [3.63, 3.8) is 0 Å². The minimum atomic E-state index is -0.655. The molecule has 2 N–H and O–H groups in total. The fraction of sp³-hybridized carbons (Fsp3) is 0.286. The van der Waals surface area contributed by atoms with Crippen molar-refractivity contribution in [2.24, 2.45) is 0 Å². The minimum Gasteiger partial charge on any atom is -0.481 e. The molecule has 0 saturated heterocycles. The molecule has 1 aromatic heterocycles. The number of aromatic nitrogens is 3. The molecule has 0 aliphatic heterocycles. The van der Waals surface area contributed by atoms with Gasteiger partial charge in [-0.05, 0) is 49.4 Å². The number of carbonyl (C=O) groups is 2. The summed E-state index contributed by atoms with van der Waals surface area (Å²) in [4.78, 5) is 25.2. The Balaban J connectivity index is 1.30. The maximum atomic E-state index is 12.7. The van der Waals surface area contributed by atoms with Gasteiger partial charge in [-0.2, -0.15) is 0 Å². The lowest BCUT2D eigenvalue weighted by Gasteiger charge is -2.15. The summed E-state index contributed by atoms with van der Waals surface area (Å²) in [6.45, 7) is 6.60. The fourth-order valence-corrected chi connectivity index (χ4v) is 4.72. The number of rotatable bonds is 11. The van der Waals surface area contributed by atoms with E-state index in [2.05, 4.69) is 27.8 Å². The number of ether oxygens (including phenoxy) is 1. The first-order valence-electron chi connectivity index (χ1n) is 12.3. The van der Waals surface area contributed by atoms with E-state index in [1.165, 1.54) is 17.3 Å². The van der Waals surface area contributed by atoms with Gasteiger partial charge in [-0.25, -0.2) is 0 Å². The van der Waals surface area contributed by atoms with E-state index in [0.29, 0.717) is 23.3 Å². The van der Waals surface area contributed by atoms with E-state index < -0.39 is 6.10 Å². The van der Waals surface area contributed by atoms with E-state index in [1.54, 1.807) is 6.92 Å². The Morgan fingerprint density at radius 2 is 1.76 bits per heavy atom. The van der Waals surface area contributed by atoms with E-state index in [9.17, 15) is 9.59 Å². The van der Waals surface area contributed by atoms with E-state index in [-0.39, 0.29) is 24.1 Å². The van der Waals surface area contributed by atoms with Crippen LogP contribution in [0.25, 0.3) is 10.8 Å². The van der Waals surface area contributed by atoms with Gasteiger partial charge in [0.15, 0.2) is 17.1 Å². The van der Waals surface area contributed by atoms with E-state index in [4.69, 9.17) is 4.74 Å². The predicted molar refractivity (Wildman–Crippen MR) is 147 cm³/mol. The van der Waals surface area contributed by atoms with Crippen molar-refractivity contribution >= 4 is 40.0 Å². The maximum absolute atomic E-state index is 12.7. The van der Waals surface area contributed by atoms with Crippen molar-refractivity contribution in [3.05, 3.63) is 78.1 Å². The van der Waals surface area contributed by atoms with Gasteiger partial charge in [0.25, 0.3) is 5.91 Å². The van der Waals surface area contributed by atoms with Gasteiger partial charge in [-0.15, -0.1) is 10.2 Å². The minimum absolute atomic E-state index is 0.125. The molecule has 0 bridgehead atoms. The van der Waals surface area contributed by atoms with Crippen LogP contribution in [-0.2, 0) is 29.1 Å². The number of nitrogens with zero attached hydrogens (tertiary/aromatic N) is 3. The summed E-state index contributed by atoms with van der Waals surface area (Å²) in [6, 6.07) is 21.5. The lowest BCUT2D eigenvalue weighted by Crippen LogP contribution is -2.36. The summed E-state index contributed by atoms with van der Waals surface area (Å²) in [5, 5.41) is 17.0. The number of carbonyl (C=O) groups excluding carboxylic acids is 2. The number of hydrogen-bond donors (Lipinski definition) is 2. The lowest BCUT2D eigenvalue weighted by molar-refractivity contribution is -0.127. The Morgan fingerprint density at radius 3 is 2.51 bits per heavy atom. The second-order valence-electron chi connectivity index (χ2n) is 8.48. The van der Waals surface area contributed by atoms with Gasteiger partial charge >= 0.3 is 0 Å². The molecule has 0 unspecified atom stereocenters. The monoisotopic (exact) mass is 517 g/mol. The molecule has 4 aromatic rings. The molecule has 2 amide bonds. The molecule has 0 spiro atoms. The molecule has 3 aromatic carbocycles. The molecule has 37 heavy (non-hydrogen) atoms. The van der Waals surface area contributed by atoms with Gasteiger partial charge in [-0.3, -0.25) is 9.59 Å². The van der Waals surface area contributed by atoms with Crippen molar-refractivity contribution in [1.29, 1.82) is 0 Å². The largest absolute Gasteiger partial charge is 0.481 e. The number of fused-ring (bicyclic) bond motifs is 1. The second kappa shape index (κ2) is 12.4. The zero-order valence-electron chi connectivity index (χ0n) is 21.2. The fourth-order valence-electron chi connectivity index (χ4n) is 3.90. The summed E-state index contributed by atoms with van der Waals surface area (Å²) >= 11 is 1.31. The summed E-state index contributed by atoms with van der Waals surface area (Å²) in [7, 11) is 0. The molecule has 0 aliphatic carbocycles. The number of aryl methyl sites for hydroxylation is 1. The highest BCUT2D eigenvalue weighted by Gasteiger charge is 2.18. The number of anilines is 1. The average molecular weight is 518 g/mol. The van der Waals surface area contributed by atoms with Gasteiger partial charge in [0.1, 0.15) is 5.75 Å². The topological polar surface area (TPSA) is 98.1 Å². The molecule has 0 fully saturated rings. The average Bonchev–Trinajstić information content (AvgIpc) is 3.32. The number of amides is 2. The number of benzene rings is 3. The first-order chi connectivity index (χ1) is 18.0. The van der Waals surface area contributed by atoms with Gasteiger partial charge in [0, 0.05) is 17.6 Å². The molecule has 0 saturated carbocycles. The molecule has 4 rings (SSSR count). The zero-order valence-corrected chi connectivity index (χ0v) is 22.0. The van der Waals surface area contributed by atoms with Crippen molar-refractivity contribution in [3.8, 4) is 5.75 Å². The molecule has 0 radical (unpaired) electrons. The van der Waals surface area contributed by atoms with Crippen LogP contribution in [0.5, 0.6) is 5.75 Å². The molecule has 1 heterocycles. The molecule has 192 valence electrons. The number of hydrogen-bond acceptors (Lipinski definition) is 6. The molecule has 1 atom stereocenters. The maximum Gasteiger partial charge on any atom is 0.261 e. The highest BCUT2D eigenvalue weighted by atomic mass is 32.2. The number of nitrogens with one attached hydrogen (secondary N) is 2. The Kier molecular flexibility index (Phi) is 8.79. The van der Waals surface area contributed by atoms with E-state index >= 15 is 0 Å². The zero-order chi connectivity index (χ0) is 26.2. The van der Waals surface area contributed by atoms with Crippen LogP contribution in [0, 0.1) is 0 Å². The van der Waals surface area contributed by atoms with Gasteiger partial charge in [-0.1, -0.05) is 67.2 Å². The van der Waals surface area contributed by atoms with Crippen LogP contribution in [0.3, 0.4) is 0 Å². The quantitative estimate of drug-likeness (QED) is 0.277. The summed E-state index contributed by atoms with van der Waals surface area (Å²) < 4.78 is 7.66. The van der Waals surface area contributed by atoms with Crippen molar-refractivity contribution < 1.29 is 14.3 Å². The van der Waals surface area contributed by atoms with Gasteiger partial charge in [0.2, 0.25) is 5.91 Å². The Hall–Kier alpha value is -3.85. The molecular formula is C28H31N5O3S. The van der Waals surface area contributed by atoms with Crippen LogP contribution >= 0.6 is 11.8 Å². The molecule has 8 nitrogen and oxygen atoms in total. The summed E-state index contributed by atoms with van der Waals surface area (Å²) in [5.41, 5.74) is 1.99. The lowest BCUT2D eigenvalue weighted by atomic mass is 10.1. The van der Waals surface area contributed by atoms with Crippen LogP contribution in [-0.4, -0.2) is 38.4 Å². The molecule has 0 aliphatic rings. The van der Waals surface area contributed by atoms with Crippen LogP contribution in [0.1, 0.15) is 32.2 Å². The summed E-state index contributed by atoms with van der Waals surface area (Å²) in [6.07, 6.45) is 0.293. The third-order valence-corrected chi connectivity index (χ3v) is 6.91. The predicted octanol–water partition coefficient (Wildman–Crippen LogP) is 4.83. The van der Waals surface area contributed by atoms with E-state index in [1.807, 2.05) is 78.2 Å². The Bertz CT molecular complexity index is 1360.